The molecule has 1 aliphatic rings. The fraction of sp³-hybridized carbons (Fsp3) is 0.500. The fourth-order valence-electron chi connectivity index (χ4n) is 2.45. The Morgan fingerprint density at radius 2 is 2.20 bits per heavy atom. The van der Waals surface area contributed by atoms with Crippen molar-refractivity contribution in [2.24, 2.45) is 5.92 Å². The van der Waals surface area contributed by atoms with Crippen molar-refractivity contribution in [3.8, 4) is 0 Å². The Labute approximate surface area is 121 Å². The van der Waals surface area contributed by atoms with E-state index in [-0.39, 0.29) is 12.5 Å². The molecule has 0 aliphatic carbocycles. The number of rotatable bonds is 5. The van der Waals surface area contributed by atoms with Crippen LogP contribution in [0.25, 0.3) is 0 Å². The quantitative estimate of drug-likeness (QED) is 0.850. The van der Waals surface area contributed by atoms with Gasteiger partial charge in [0.25, 0.3) is 11.7 Å². The third-order valence-electron chi connectivity index (χ3n) is 3.44. The van der Waals surface area contributed by atoms with Crippen LogP contribution in [0.3, 0.4) is 0 Å². The van der Waals surface area contributed by atoms with Crippen molar-refractivity contribution in [2.45, 2.75) is 23.5 Å². The van der Waals surface area contributed by atoms with E-state index >= 15 is 0 Å². The van der Waals surface area contributed by atoms with Crippen molar-refractivity contribution in [1.82, 2.24) is 4.90 Å². The third kappa shape index (κ3) is 3.70. The van der Waals surface area contributed by atoms with Gasteiger partial charge in [0.2, 0.25) is 0 Å². The Hall–Kier alpha value is -1.14. The summed E-state index contributed by atoms with van der Waals surface area (Å²) in [5, 5.41) is 8.92. The lowest BCUT2D eigenvalue weighted by Crippen LogP contribution is -2.29. The summed E-state index contributed by atoms with van der Waals surface area (Å²) in [6.45, 7) is 1.33. The molecule has 1 aliphatic heterocycles. The van der Waals surface area contributed by atoms with Gasteiger partial charge in [-0.15, -0.1) is 0 Å². The van der Waals surface area contributed by atoms with E-state index in [2.05, 4.69) is 0 Å². The normalized spacial score (nSPS) is 18.8. The van der Waals surface area contributed by atoms with E-state index in [1.807, 2.05) is 0 Å². The summed E-state index contributed by atoms with van der Waals surface area (Å²) in [5.74, 6) is -2.43. The number of likely N-dealkylation sites (tertiary alicyclic amines) is 1. The summed E-state index contributed by atoms with van der Waals surface area (Å²) >= 11 is 0.402. The van der Waals surface area contributed by atoms with Gasteiger partial charge in [0.1, 0.15) is 0 Å². The molecule has 1 aromatic rings. The second-order valence-corrected chi connectivity index (χ2v) is 5.82. The molecule has 0 spiro atoms. The molecule has 1 atom stereocenters. The minimum Gasteiger partial charge on any atom is -0.396 e. The lowest BCUT2D eigenvalue weighted by molar-refractivity contribution is 0.0781. The van der Waals surface area contributed by atoms with Crippen molar-refractivity contribution in [3.63, 3.8) is 0 Å². The first-order valence-corrected chi connectivity index (χ1v) is 7.43. The maximum Gasteiger partial charge on any atom is 0.288 e. The van der Waals surface area contributed by atoms with Gasteiger partial charge in [-0.05, 0) is 30.9 Å². The van der Waals surface area contributed by atoms with Crippen molar-refractivity contribution < 1.29 is 18.7 Å². The van der Waals surface area contributed by atoms with Crippen molar-refractivity contribution in [1.29, 1.82) is 0 Å². The molecule has 1 unspecified atom stereocenters. The minimum atomic E-state index is -2.54. The highest BCUT2D eigenvalue weighted by Gasteiger charge is 2.28. The van der Waals surface area contributed by atoms with Crippen LogP contribution in [-0.4, -0.2) is 41.4 Å². The lowest BCUT2D eigenvalue weighted by Gasteiger charge is -2.18. The summed E-state index contributed by atoms with van der Waals surface area (Å²) in [6.07, 6.45) is 1.54. The Bertz CT molecular complexity index is 470. The van der Waals surface area contributed by atoms with Crippen molar-refractivity contribution >= 4 is 17.7 Å². The van der Waals surface area contributed by atoms with Gasteiger partial charge in [0, 0.05) is 24.6 Å². The summed E-state index contributed by atoms with van der Waals surface area (Å²) < 4.78 is 25.0. The van der Waals surface area contributed by atoms with Crippen LogP contribution in [0.4, 0.5) is 8.78 Å². The van der Waals surface area contributed by atoms with Crippen LogP contribution in [0.15, 0.2) is 29.2 Å². The average molecular weight is 301 g/mol. The number of hydrogen-bond donors (Lipinski definition) is 1. The molecule has 20 heavy (non-hydrogen) atoms. The van der Waals surface area contributed by atoms with Gasteiger partial charge in [-0.25, -0.2) is 0 Å². The van der Waals surface area contributed by atoms with E-state index in [0.29, 0.717) is 47.6 Å². The molecule has 0 bridgehead atoms. The van der Waals surface area contributed by atoms with Crippen LogP contribution in [0.1, 0.15) is 23.2 Å². The fourth-order valence-corrected chi connectivity index (χ4v) is 3.08. The number of amides is 1. The molecule has 1 aromatic carbocycles. The molecule has 1 amide bonds. The average Bonchev–Trinajstić information content (AvgIpc) is 2.87. The van der Waals surface area contributed by atoms with E-state index < -0.39 is 5.76 Å². The number of carbonyl (C=O) groups excluding carboxylic acids is 1. The zero-order valence-corrected chi connectivity index (χ0v) is 11.8. The number of nitrogens with zero attached hydrogens (tertiary/aromatic N) is 1. The first-order chi connectivity index (χ1) is 9.61. The predicted molar refractivity (Wildman–Crippen MR) is 74.0 cm³/mol. The first kappa shape index (κ1) is 15.3. The number of halogens is 2. The number of hydrogen-bond acceptors (Lipinski definition) is 3. The van der Waals surface area contributed by atoms with Crippen molar-refractivity contribution in [3.05, 3.63) is 29.8 Å². The third-order valence-corrected chi connectivity index (χ3v) is 4.23. The Morgan fingerprint density at radius 1 is 1.45 bits per heavy atom. The number of aliphatic hydroxyl groups excluding tert-OH is 1. The van der Waals surface area contributed by atoms with Gasteiger partial charge < -0.3 is 10.0 Å². The van der Waals surface area contributed by atoms with Gasteiger partial charge >= 0.3 is 0 Å². The molecule has 2 rings (SSSR count). The molecule has 1 fully saturated rings. The van der Waals surface area contributed by atoms with E-state index in [9.17, 15) is 13.6 Å². The topological polar surface area (TPSA) is 40.5 Å². The van der Waals surface area contributed by atoms with E-state index in [0.717, 1.165) is 6.42 Å². The Balaban J connectivity index is 2.10. The second kappa shape index (κ2) is 7.04. The number of thioether (sulfide) groups is 1. The van der Waals surface area contributed by atoms with Crippen LogP contribution in [-0.2, 0) is 0 Å². The molecule has 1 saturated heterocycles. The standard InChI is InChI=1S/C14H17F2NO2S/c15-14(16)20-12-4-2-1-3-11(12)13(19)17-7-5-10(9-17)6-8-18/h1-4,10,14,18H,5-9H2. The largest absolute Gasteiger partial charge is 0.396 e. The van der Waals surface area contributed by atoms with Crippen molar-refractivity contribution in [2.75, 3.05) is 19.7 Å². The molecule has 3 nitrogen and oxygen atoms in total. The summed E-state index contributed by atoms with van der Waals surface area (Å²) in [4.78, 5) is 14.4. The molecule has 6 heteroatoms. The predicted octanol–water partition coefficient (Wildman–Crippen LogP) is 2.85. The maximum absolute atomic E-state index is 12.5. The smallest absolute Gasteiger partial charge is 0.288 e. The highest BCUT2D eigenvalue weighted by Crippen LogP contribution is 2.30. The summed E-state index contributed by atoms with van der Waals surface area (Å²) in [6, 6.07) is 6.47. The number of carbonyl (C=O) groups is 1. The van der Waals surface area contributed by atoms with Crippen LogP contribution >= 0.6 is 11.8 Å². The highest BCUT2D eigenvalue weighted by molar-refractivity contribution is 7.99. The van der Waals surface area contributed by atoms with Gasteiger partial charge in [-0.2, -0.15) is 8.78 Å². The van der Waals surface area contributed by atoms with E-state index in [4.69, 9.17) is 5.11 Å². The molecule has 110 valence electrons. The molecule has 0 aromatic heterocycles. The van der Waals surface area contributed by atoms with Gasteiger partial charge in [-0.1, -0.05) is 23.9 Å². The molecule has 0 radical (unpaired) electrons. The molecule has 1 heterocycles. The number of aliphatic hydroxyl groups is 1. The lowest BCUT2D eigenvalue weighted by atomic mass is 10.1. The number of alkyl halides is 2. The molecule has 0 saturated carbocycles. The zero-order chi connectivity index (χ0) is 14.5. The molecular weight excluding hydrogens is 284 g/mol. The van der Waals surface area contributed by atoms with Crippen LogP contribution in [0, 0.1) is 5.92 Å². The first-order valence-electron chi connectivity index (χ1n) is 6.55. The molecular formula is C14H17F2NO2S. The zero-order valence-electron chi connectivity index (χ0n) is 11.0. The van der Waals surface area contributed by atoms with E-state index in [1.165, 1.54) is 0 Å². The monoisotopic (exact) mass is 301 g/mol. The Kier molecular flexibility index (Phi) is 5.37. The van der Waals surface area contributed by atoms with Gasteiger partial charge in [0.15, 0.2) is 0 Å². The highest BCUT2D eigenvalue weighted by atomic mass is 32.2. The van der Waals surface area contributed by atoms with Crippen LogP contribution in [0.2, 0.25) is 0 Å². The van der Waals surface area contributed by atoms with E-state index in [1.54, 1.807) is 29.2 Å². The second-order valence-electron chi connectivity index (χ2n) is 4.79. The van der Waals surface area contributed by atoms with Crippen LogP contribution in [0.5, 0.6) is 0 Å². The van der Waals surface area contributed by atoms with Gasteiger partial charge in [-0.3, -0.25) is 4.79 Å². The SMILES string of the molecule is O=C(c1ccccc1SC(F)F)N1CCC(CCO)C1. The Morgan fingerprint density at radius 3 is 2.90 bits per heavy atom. The molecule has 1 N–H and O–H groups in total. The van der Waals surface area contributed by atoms with Crippen LogP contribution < -0.4 is 0 Å². The van der Waals surface area contributed by atoms with Gasteiger partial charge in [0.05, 0.1) is 5.56 Å². The maximum atomic E-state index is 12.5. The summed E-state index contributed by atoms with van der Waals surface area (Å²) in [5.41, 5.74) is 0.336. The number of benzene rings is 1. The summed E-state index contributed by atoms with van der Waals surface area (Å²) in [7, 11) is 0. The minimum absolute atomic E-state index is 0.116.